The van der Waals surface area contributed by atoms with E-state index in [0.717, 1.165) is 23.0 Å². The van der Waals surface area contributed by atoms with Crippen LogP contribution in [-0.4, -0.2) is 28.5 Å². The van der Waals surface area contributed by atoms with Gasteiger partial charge in [0.15, 0.2) is 5.16 Å². The summed E-state index contributed by atoms with van der Waals surface area (Å²) < 4.78 is 7.35. The molecule has 0 spiro atoms. The van der Waals surface area contributed by atoms with E-state index in [1.165, 1.54) is 5.56 Å². The molecule has 2 aromatic carbocycles. The second kappa shape index (κ2) is 9.18. The van der Waals surface area contributed by atoms with Crippen molar-refractivity contribution in [1.29, 1.82) is 5.26 Å². The van der Waals surface area contributed by atoms with Gasteiger partial charge in [-0.15, -0.1) is 10.2 Å². The van der Waals surface area contributed by atoms with Gasteiger partial charge in [-0.3, -0.25) is 0 Å². The molecule has 3 rings (SSSR count). The number of rotatable bonds is 8. The first kappa shape index (κ1) is 18.2. The van der Waals surface area contributed by atoms with Crippen LogP contribution in [-0.2, 0) is 23.5 Å². The van der Waals surface area contributed by atoms with Gasteiger partial charge in [0.2, 0.25) is 0 Å². The van der Waals surface area contributed by atoms with Crippen LogP contribution in [0, 0.1) is 11.3 Å². The molecule has 6 heteroatoms. The standard InChI is InChI=1S/C20H20N4OS/c1-25-12-11-24-19(13-16-7-3-2-4-8-16)22-23-20(24)26-15-18-10-6-5-9-17(18)14-21/h2-10H,11-13,15H2,1H3. The number of hydrogen-bond donors (Lipinski definition) is 0. The lowest BCUT2D eigenvalue weighted by molar-refractivity contribution is 0.184. The molecule has 132 valence electrons. The highest BCUT2D eigenvalue weighted by Crippen LogP contribution is 2.24. The van der Waals surface area contributed by atoms with Crippen molar-refractivity contribution in [2.24, 2.45) is 0 Å². The number of thioether (sulfide) groups is 1. The average Bonchev–Trinajstić information content (AvgIpc) is 3.07. The minimum atomic E-state index is 0.599. The van der Waals surface area contributed by atoms with Crippen LogP contribution in [0.3, 0.4) is 0 Å². The maximum absolute atomic E-state index is 9.25. The van der Waals surface area contributed by atoms with Crippen LogP contribution in [0.4, 0.5) is 0 Å². The Morgan fingerprint density at radius 2 is 1.85 bits per heavy atom. The second-order valence-electron chi connectivity index (χ2n) is 5.76. The largest absolute Gasteiger partial charge is 0.383 e. The molecular weight excluding hydrogens is 344 g/mol. The maximum Gasteiger partial charge on any atom is 0.191 e. The summed E-state index contributed by atoms with van der Waals surface area (Å²) in [4.78, 5) is 0. The fraction of sp³-hybridized carbons (Fsp3) is 0.250. The molecule has 0 radical (unpaired) electrons. The van der Waals surface area contributed by atoms with E-state index in [2.05, 4.69) is 33.0 Å². The molecule has 0 fully saturated rings. The van der Waals surface area contributed by atoms with Gasteiger partial charge in [0.25, 0.3) is 0 Å². The topological polar surface area (TPSA) is 63.7 Å². The van der Waals surface area contributed by atoms with E-state index in [1.807, 2.05) is 42.5 Å². The van der Waals surface area contributed by atoms with E-state index in [1.54, 1.807) is 18.9 Å². The molecule has 1 aromatic heterocycles. The van der Waals surface area contributed by atoms with Crippen molar-refractivity contribution in [3.63, 3.8) is 0 Å². The lowest BCUT2D eigenvalue weighted by Gasteiger charge is -2.10. The zero-order valence-corrected chi connectivity index (χ0v) is 15.4. The fourth-order valence-electron chi connectivity index (χ4n) is 2.64. The van der Waals surface area contributed by atoms with Gasteiger partial charge in [0, 0.05) is 25.8 Å². The number of hydrogen-bond acceptors (Lipinski definition) is 5. The Kier molecular flexibility index (Phi) is 6.42. The first-order chi connectivity index (χ1) is 12.8. The third-order valence-corrected chi connectivity index (χ3v) is 5.03. The average molecular weight is 364 g/mol. The Morgan fingerprint density at radius 3 is 2.62 bits per heavy atom. The summed E-state index contributed by atoms with van der Waals surface area (Å²) in [6.07, 6.45) is 0.729. The first-order valence-electron chi connectivity index (χ1n) is 8.37. The van der Waals surface area contributed by atoms with E-state index >= 15 is 0 Å². The molecule has 0 unspecified atom stereocenters. The van der Waals surface area contributed by atoms with Crippen LogP contribution >= 0.6 is 11.8 Å². The third-order valence-electron chi connectivity index (χ3n) is 4.01. The smallest absolute Gasteiger partial charge is 0.191 e. The van der Waals surface area contributed by atoms with Crippen molar-refractivity contribution in [1.82, 2.24) is 14.8 Å². The molecular formula is C20H20N4OS. The first-order valence-corrected chi connectivity index (χ1v) is 9.36. The van der Waals surface area contributed by atoms with Crippen LogP contribution in [0.2, 0.25) is 0 Å². The Balaban J connectivity index is 1.79. The van der Waals surface area contributed by atoms with E-state index < -0.39 is 0 Å². The van der Waals surface area contributed by atoms with Gasteiger partial charge >= 0.3 is 0 Å². The lowest BCUT2D eigenvalue weighted by Crippen LogP contribution is -2.10. The highest BCUT2D eigenvalue weighted by molar-refractivity contribution is 7.98. The Labute approximate surface area is 157 Å². The molecule has 0 saturated heterocycles. The maximum atomic E-state index is 9.25. The molecule has 0 N–H and O–H groups in total. The molecule has 5 nitrogen and oxygen atoms in total. The Bertz CT molecular complexity index is 886. The molecule has 0 saturated carbocycles. The predicted molar refractivity (Wildman–Crippen MR) is 102 cm³/mol. The van der Waals surface area contributed by atoms with E-state index in [9.17, 15) is 5.26 Å². The van der Waals surface area contributed by atoms with Crippen LogP contribution in [0.5, 0.6) is 0 Å². The fourth-order valence-corrected chi connectivity index (χ4v) is 3.63. The highest BCUT2D eigenvalue weighted by atomic mass is 32.2. The van der Waals surface area contributed by atoms with Crippen molar-refractivity contribution in [2.45, 2.75) is 23.9 Å². The van der Waals surface area contributed by atoms with Gasteiger partial charge in [-0.2, -0.15) is 5.26 Å². The number of ether oxygens (including phenoxy) is 1. The predicted octanol–water partition coefficient (Wildman–Crippen LogP) is 3.68. The Hall–Kier alpha value is -2.62. The monoisotopic (exact) mass is 364 g/mol. The van der Waals surface area contributed by atoms with Crippen LogP contribution < -0.4 is 0 Å². The van der Waals surface area contributed by atoms with Crippen molar-refractivity contribution in [2.75, 3.05) is 13.7 Å². The minimum absolute atomic E-state index is 0.599. The number of nitriles is 1. The molecule has 0 atom stereocenters. The van der Waals surface area contributed by atoms with Gasteiger partial charge in [-0.05, 0) is 17.2 Å². The zero-order chi connectivity index (χ0) is 18.2. The van der Waals surface area contributed by atoms with Crippen LogP contribution in [0.15, 0.2) is 59.8 Å². The molecule has 0 aliphatic carbocycles. The SMILES string of the molecule is COCCn1c(Cc2ccccc2)nnc1SCc1ccccc1C#N. The summed E-state index contributed by atoms with van der Waals surface area (Å²) in [7, 11) is 1.69. The normalized spacial score (nSPS) is 10.6. The molecule has 0 bridgehead atoms. The Morgan fingerprint density at radius 1 is 1.08 bits per heavy atom. The van der Waals surface area contributed by atoms with Gasteiger partial charge < -0.3 is 9.30 Å². The lowest BCUT2D eigenvalue weighted by atomic mass is 10.1. The van der Waals surface area contributed by atoms with Gasteiger partial charge in [0.05, 0.1) is 18.2 Å². The summed E-state index contributed by atoms with van der Waals surface area (Å²) in [6, 6.07) is 20.1. The highest BCUT2D eigenvalue weighted by Gasteiger charge is 2.14. The third kappa shape index (κ3) is 4.51. The van der Waals surface area contributed by atoms with E-state index in [-0.39, 0.29) is 0 Å². The molecule has 0 aliphatic rings. The summed E-state index contributed by atoms with van der Waals surface area (Å²) in [5, 5.41) is 18.9. The molecule has 0 aliphatic heterocycles. The summed E-state index contributed by atoms with van der Waals surface area (Å²) >= 11 is 1.59. The van der Waals surface area contributed by atoms with Crippen molar-refractivity contribution >= 4 is 11.8 Å². The van der Waals surface area contributed by atoms with Crippen LogP contribution in [0.1, 0.15) is 22.5 Å². The van der Waals surface area contributed by atoms with E-state index in [0.29, 0.717) is 24.5 Å². The zero-order valence-electron chi connectivity index (χ0n) is 14.6. The molecule has 3 aromatic rings. The number of methoxy groups -OCH3 is 1. The second-order valence-corrected chi connectivity index (χ2v) is 6.71. The number of nitrogens with zero attached hydrogens (tertiary/aromatic N) is 4. The van der Waals surface area contributed by atoms with Crippen molar-refractivity contribution < 1.29 is 4.74 Å². The summed E-state index contributed by atoms with van der Waals surface area (Å²) in [5.41, 5.74) is 2.91. The minimum Gasteiger partial charge on any atom is -0.383 e. The van der Waals surface area contributed by atoms with Crippen molar-refractivity contribution in [3.05, 3.63) is 77.1 Å². The number of aromatic nitrogens is 3. The quantitative estimate of drug-likeness (QED) is 0.571. The number of benzene rings is 2. The van der Waals surface area contributed by atoms with Gasteiger partial charge in [-0.25, -0.2) is 0 Å². The summed E-state index contributed by atoms with van der Waals surface area (Å²) in [5.74, 6) is 1.60. The van der Waals surface area contributed by atoms with E-state index in [4.69, 9.17) is 4.74 Å². The van der Waals surface area contributed by atoms with Crippen molar-refractivity contribution in [3.8, 4) is 6.07 Å². The molecule has 0 amide bonds. The van der Waals surface area contributed by atoms with Gasteiger partial charge in [-0.1, -0.05) is 60.3 Å². The molecule has 26 heavy (non-hydrogen) atoms. The summed E-state index contributed by atoms with van der Waals surface area (Å²) in [6.45, 7) is 1.30. The van der Waals surface area contributed by atoms with Crippen LogP contribution in [0.25, 0.3) is 0 Å². The van der Waals surface area contributed by atoms with Gasteiger partial charge in [0.1, 0.15) is 5.82 Å². The molecule has 1 heterocycles.